The van der Waals surface area contributed by atoms with Gasteiger partial charge in [-0.1, -0.05) is 41.5 Å². The highest BCUT2D eigenvalue weighted by Crippen LogP contribution is 2.69. The van der Waals surface area contributed by atoms with Crippen molar-refractivity contribution >= 4 is 0 Å². The predicted molar refractivity (Wildman–Crippen MR) is 66.8 cm³/mol. The van der Waals surface area contributed by atoms with E-state index >= 15 is 0 Å². The first kappa shape index (κ1) is 9.07. The first-order chi connectivity index (χ1) is 7.44. The molecule has 0 aromatic rings. The van der Waals surface area contributed by atoms with Crippen molar-refractivity contribution in [1.82, 2.24) is 0 Å². The average molecular weight is 210 g/mol. The van der Waals surface area contributed by atoms with E-state index in [4.69, 9.17) is 2.74 Å². The third kappa shape index (κ3) is 1.56. The molecule has 0 saturated heterocycles. The SMILES string of the molecule is [2H]C([2H])(C1CC2CCC1(C)C2(C)C)C(C)(C)C. The summed E-state index contributed by atoms with van der Waals surface area (Å²) in [4.78, 5) is 0. The van der Waals surface area contributed by atoms with Crippen molar-refractivity contribution in [3.63, 3.8) is 0 Å². The van der Waals surface area contributed by atoms with Gasteiger partial charge < -0.3 is 0 Å². The van der Waals surface area contributed by atoms with E-state index in [0.29, 0.717) is 5.41 Å². The van der Waals surface area contributed by atoms with E-state index in [-0.39, 0.29) is 16.7 Å². The molecule has 15 heavy (non-hydrogen) atoms. The number of rotatable bonds is 1. The number of hydrogen-bond donors (Lipinski definition) is 0. The summed E-state index contributed by atoms with van der Waals surface area (Å²) in [6.45, 7) is 13.2. The monoisotopic (exact) mass is 210 g/mol. The quantitative estimate of drug-likeness (QED) is 0.578. The molecular formula is C15H28. The van der Waals surface area contributed by atoms with Gasteiger partial charge >= 0.3 is 0 Å². The zero-order chi connectivity index (χ0) is 13.3. The molecule has 2 bridgehead atoms. The van der Waals surface area contributed by atoms with Crippen LogP contribution in [0.5, 0.6) is 0 Å². The Morgan fingerprint density at radius 1 is 1.27 bits per heavy atom. The predicted octanol–water partition coefficient (Wildman–Crippen LogP) is 4.89. The lowest BCUT2D eigenvalue weighted by molar-refractivity contribution is 0.0768. The van der Waals surface area contributed by atoms with E-state index < -0.39 is 6.37 Å². The van der Waals surface area contributed by atoms with Crippen LogP contribution < -0.4 is 0 Å². The van der Waals surface area contributed by atoms with Crippen LogP contribution in [0.15, 0.2) is 0 Å². The summed E-state index contributed by atoms with van der Waals surface area (Å²) in [7, 11) is 0. The second-order valence-electron chi connectivity index (χ2n) is 7.56. The van der Waals surface area contributed by atoms with Crippen molar-refractivity contribution in [3.05, 3.63) is 0 Å². The summed E-state index contributed by atoms with van der Waals surface area (Å²) >= 11 is 0. The van der Waals surface area contributed by atoms with Crippen molar-refractivity contribution < 1.29 is 2.74 Å². The maximum Gasteiger partial charge on any atom is 0.0275 e. The summed E-state index contributed by atoms with van der Waals surface area (Å²) < 4.78 is 17.2. The molecule has 3 atom stereocenters. The fourth-order valence-electron chi connectivity index (χ4n) is 3.94. The maximum atomic E-state index is 8.60. The van der Waals surface area contributed by atoms with Crippen LogP contribution in [-0.4, -0.2) is 0 Å². The van der Waals surface area contributed by atoms with Gasteiger partial charge in [-0.15, -0.1) is 0 Å². The molecule has 0 nitrogen and oxygen atoms in total. The Labute approximate surface area is 98.6 Å². The van der Waals surface area contributed by atoms with Gasteiger partial charge in [-0.25, -0.2) is 0 Å². The van der Waals surface area contributed by atoms with Gasteiger partial charge in [0.05, 0.1) is 0 Å². The topological polar surface area (TPSA) is 0 Å². The molecule has 2 saturated carbocycles. The van der Waals surface area contributed by atoms with Gasteiger partial charge in [0.25, 0.3) is 0 Å². The Kier molecular flexibility index (Phi) is 1.83. The highest BCUT2D eigenvalue weighted by Gasteiger charge is 2.61. The summed E-state index contributed by atoms with van der Waals surface area (Å²) in [6, 6.07) is 0. The molecule has 2 rings (SSSR count). The summed E-state index contributed by atoms with van der Waals surface area (Å²) in [5.41, 5.74) is 0.242. The van der Waals surface area contributed by atoms with Crippen molar-refractivity contribution in [2.45, 2.75) is 67.2 Å². The molecule has 0 heteroatoms. The smallest absolute Gasteiger partial charge is 0.0275 e. The van der Waals surface area contributed by atoms with Gasteiger partial charge in [-0.2, -0.15) is 0 Å². The minimum atomic E-state index is -1.06. The van der Waals surface area contributed by atoms with Crippen molar-refractivity contribution in [2.75, 3.05) is 0 Å². The molecule has 0 radical (unpaired) electrons. The minimum absolute atomic E-state index is 0.189. The molecule has 2 aliphatic rings. The van der Waals surface area contributed by atoms with E-state index in [9.17, 15) is 0 Å². The normalized spacial score (nSPS) is 46.5. The molecule has 2 fully saturated rings. The molecule has 2 aliphatic carbocycles. The van der Waals surface area contributed by atoms with E-state index in [1.54, 1.807) is 0 Å². The molecule has 88 valence electrons. The number of fused-ring (bicyclic) bond motifs is 2. The van der Waals surface area contributed by atoms with Gasteiger partial charge in [0.1, 0.15) is 0 Å². The Balaban J connectivity index is 2.39. The zero-order valence-electron chi connectivity index (χ0n) is 13.3. The van der Waals surface area contributed by atoms with Gasteiger partial charge in [0, 0.05) is 2.74 Å². The van der Waals surface area contributed by atoms with Crippen molar-refractivity contribution in [1.29, 1.82) is 0 Å². The largest absolute Gasteiger partial charge is 0.0602 e. The lowest BCUT2D eigenvalue weighted by Gasteiger charge is -2.41. The van der Waals surface area contributed by atoms with Gasteiger partial charge in [-0.05, 0) is 53.7 Å². The Morgan fingerprint density at radius 2 is 1.87 bits per heavy atom. The Bertz CT molecular complexity index is 324. The molecule has 0 amide bonds. The van der Waals surface area contributed by atoms with Crippen LogP contribution in [0.4, 0.5) is 0 Å². The second kappa shape index (κ2) is 3.02. The Morgan fingerprint density at radius 3 is 2.20 bits per heavy atom. The molecular weight excluding hydrogens is 180 g/mol. The van der Waals surface area contributed by atoms with Gasteiger partial charge in [0.2, 0.25) is 0 Å². The molecule has 0 aliphatic heterocycles. The standard InChI is InChI=1S/C15H28/c1-13(2,3)10-12-9-11-7-8-15(12,6)14(11,4)5/h11-12H,7-10H2,1-6H3/i10D2. The maximum absolute atomic E-state index is 8.60. The van der Waals surface area contributed by atoms with Crippen LogP contribution in [-0.2, 0) is 0 Å². The third-order valence-electron chi connectivity index (χ3n) is 5.40. The number of hydrogen-bond acceptors (Lipinski definition) is 0. The van der Waals surface area contributed by atoms with Gasteiger partial charge in [0.15, 0.2) is 0 Å². The van der Waals surface area contributed by atoms with Crippen LogP contribution in [0, 0.1) is 28.1 Å². The molecule has 0 heterocycles. The molecule has 0 N–H and O–H groups in total. The fraction of sp³-hybridized carbons (Fsp3) is 1.00. The average Bonchev–Trinajstić information content (AvgIpc) is 2.46. The molecule has 0 aromatic heterocycles. The van der Waals surface area contributed by atoms with Crippen LogP contribution in [0.25, 0.3) is 0 Å². The zero-order valence-corrected chi connectivity index (χ0v) is 11.3. The minimum Gasteiger partial charge on any atom is -0.0602 e. The third-order valence-corrected chi connectivity index (χ3v) is 5.40. The van der Waals surface area contributed by atoms with Crippen molar-refractivity contribution in [3.8, 4) is 0 Å². The second-order valence-corrected chi connectivity index (χ2v) is 7.56. The van der Waals surface area contributed by atoms with E-state index in [1.807, 2.05) is 0 Å². The van der Waals surface area contributed by atoms with Crippen LogP contribution >= 0.6 is 0 Å². The van der Waals surface area contributed by atoms with Crippen molar-refractivity contribution in [2.24, 2.45) is 28.1 Å². The molecule has 3 unspecified atom stereocenters. The van der Waals surface area contributed by atoms with Gasteiger partial charge in [-0.3, -0.25) is 0 Å². The summed E-state index contributed by atoms with van der Waals surface area (Å²) in [6.07, 6.45) is 2.55. The highest BCUT2D eigenvalue weighted by atomic mass is 14.7. The van der Waals surface area contributed by atoms with E-state index in [2.05, 4.69) is 41.5 Å². The van der Waals surface area contributed by atoms with Crippen LogP contribution in [0.1, 0.15) is 69.9 Å². The molecule has 0 aromatic carbocycles. The Hall–Kier alpha value is 0. The first-order valence-electron chi connectivity index (χ1n) is 7.44. The fourth-order valence-corrected chi connectivity index (χ4v) is 3.94. The van der Waals surface area contributed by atoms with Crippen LogP contribution in [0.3, 0.4) is 0 Å². The lowest BCUT2D eigenvalue weighted by atomic mass is 9.63. The van der Waals surface area contributed by atoms with E-state index in [0.717, 1.165) is 12.3 Å². The molecule has 0 spiro atoms. The highest BCUT2D eigenvalue weighted by molar-refractivity contribution is 5.10. The first-order valence-corrected chi connectivity index (χ1v) is 6.44. The summed E-state index contributed by atoms with van der Waals surface area (Å²) in [5, 5.41) is 0. The van der Waals surface area contributed by atoms with E-state index in [1.165, 1.54) is 12.8 Å². The summed E-state index contributed by atoms with van der Waals surface area (Å²) in [5.74, 6) is 0.957. The van der Waals surface area contributed by atoms with Crippen LogP contribution in [0.2, 0.25) is 0 Å². The lowest BCUT2D eigenvalue weighted by Crippen LogP contribution is -2.34.